The highest BCUT2D eigenvalue weighted by Crippen LogP contribution is 2.59. The molecular formula is C25H30N4O3. The number of pyridine rings is 2. The van der Waals surface area contributed by atoms with Crippen molar-refractivity contribution >= 4 is 17.8 Å². The third kappa shape index (κ3) is 3.34. The lowest BCUT2D eigenvalue weighted by Gasteiger charge is -2.59. The average Bonchev–Trinajstić information content (AvgIpc) is 2.73. The first-order valence-electron chi connectivity index (χ1n) is 11.6. The molecule has 4 aliphatic rings. The molecule has 4 bridgehead atoms. The van der Waals surface area contributed by atoms with Crippen LogP contribution in [0.2, 0.25) is 0 Å². The normalized spacial score (nSPS) is 29.0. The Balaban J connectivity index is 1.71. The number of rotatable bonds is 6. The second kappa shape index (κ2) is 7.87. The number of nitrogens with two attached hydrogens (primary N) is 1. The average molecular weight is 435 g/mol. The molecule has 6 rings (SSSR count). The summed E-state index contributed by atoms with van der Waals surface area (Å²) in [5, 5.41) is 9.93. The van der Waals surface area contributed by atoms with Gasteiger partial charge in [-0.25, -0.2) is 9.78 Å². The zero-order chi connectivity index (χ0) is 22.5. The fourth-order valence-corrected chi connectivity index (χ4v) is 7.17. The van der Waals surface area contributed by atoms with E-state index in [9.17, 15) is 14.7 Å². The lowest BCUT2D eigenvalue weighted by Crippen LogP contribution is -2.63. The highest BCUT2D eigenvalue weighted by Gasteiger charge is 2.55. The van der Waals surface area contributed by atoms with Crippen LogP contribution in [0, 0.1) is 17.8 Å². The van der Waals surface area contributed by atoms with Crippen LogP contribution in [0.15, 0.2) is 36.8 Å². The van der Waals surface area contributed by atoms with Gasteiger partial charge >= 0.3 is 12.0 Å². The Morgan fingerprint density at radius 1 is 1.09 bits per heavy atom. The molecule has 2 amide bonds. The first-order valence-corrected chi connectivity index (χ1v) is 11.6. The summed E-state index contributed by atoms with van der Waals surface area (Å²) in [6.45, 7) is 1.86. The van der Waals surface area contributed by atoms with E-state index in [4.69, 9.17) is 5.73 Å². The number of carbonyl (C=O) groups excluding carboxylic acids is 1. The molecule has 2 aromatic heterocycles. The van der Waals surface area contributed by atoms with Gasteiger partial charge in [0.1, 0.15) is 5.82 Å². The first kappa shape index (κ1) is 20.9. The maximum absolute atomic E-state index is 13.1. The second-order valence-corrected chi connectivity index (χ2v) is 9.95. The van der Waals surface area contributed by atoms with Crippen molar-refractivity contribution in [3.05, 3.63) is 42.4 Å². The zero-order valence-corrected chi connectivity index (χ0v) is 18.4. The Morgan fingerprint density at radius 2 is 1.69 bits per heavy atom. The molecule has 7 nitrogen and oxygen atoms in total. The van der Waals surface area contributed by atoms with Gasteiger partial charge < -0.3 is 10.8 Å². The molecule has 4 aliphatic carbocycles. The smallest absolute Gasteiger partial charge is 0.320 e. The quantitative estimate of drug-likeness (QED) is 0.692. The van der Waals surface area contributed by atoms with Gasteiger partial charge in [-0.2, -0.15) is 0 Å². The van der Waals surface area contributed by atoms with Crippen molar-refractivity contribution in [3.8, 4) is 11.1 Å². The molecule has 0 spiro atoms. The van der Waals surface area contributed by atoms with Gasteiger partial charge in [-0.3, -0.25) is 14.7 Å². The maximum Gasteiger partial charge on any atom is 0.320 e. The number of aliphatic carboxylic acids is 1. The van der Waals surface area contributed by atoms with E-state index in [-0.39, 0.29) is 5.54 Å². The third-order valence-corrected chi connectivity index (χ3v) is 7.93. The number of carboxylic acids is 1. The van der Waals surface area contributed by atoms with Crippen LogP contribution in [-0.2, 0) is 4.79 Å². The van der Waals surface area contributed by atoms with Gasteiger partial charge in [0.15, 0.2) is 0 Å². The lowest BCUT2D eigenvalue weighted by molar-refractivity contribution is -0.138. The van der Waals surface area contributed by atoms with Crippen LogP contribution in [0.4, 0.5) is 10.6 Å². The minimum Gasteiger partial charge on any atom is -0.481 e. The number of nitrogens with zero attached hydrogens (tertiary/aromatic N) is 3. The van der Waals surface area contributed by atoms with Gasteiger partial charge in [-0.15, -0.1) is 0 Å². The Hall–Kier alpha value is -2.96. The predicted molar refractivity (Wildman–Crippen MR) is 121 cm³/mol. The third-order valence-electron chi connectivity index (χ3n) is 7.93. The Morgan fingerprint density at radius 3 is 2.19 bits per heavy atom. The molecule has 7 heteroatoms. The van der Waals surface area contributed by atoms with Gasteiger partial charge in [0.05, 0.1) is 11.5 Å². The Labute approximate surface area is 188 Å². The van der Waals surface area contributed by atoms with Gasteiger partial charge in [0.25, 0.3) is 0 Å². The van der Waals surface area contributed by atoms with Crippen LogP contribution in [0.25, 0.3) is 11.1 Å². The zero-order valence-electron chi connectivity index (χ0n) is 18.4. The van der Waals surface area contributed by atoms with Gasteiger partial charge in [0, 0.05) is 24.2 Å². The van der Waals surface area contributed by atoms with Gasteiger partial charge in [-0.05, 0) is 92.0 Å². The van der Waals surface area contributed by atoms with E-state index in [0.717, 1.165) is 24.8 Å². The number of carbonyl (C=O) groups is 2. The molecule has 0 aliphatic heterocycles. The molecule has 4 saturated carbocycles. The number of urea groups is 1. The Kier molecular flexibility index (Phi) is 5.14. The number of primary amides is 1. The van der Waals surface area contributed by atoms with E-state index in [1.165, 1.54) is 19.3 Å². The fourth-order valence-electron chi connectivity index (χ4n) is 7.17. The van der Waals surface area contributed by atoms with E-state index in [2.05, 4.69) is 9.97 Å². The van der Waals surface area contributed by atoms with Crippen molar-refractivity contribution in [3.63, 3.8) is 0 Å². The van der Waals surface area contributed by atoms with Crippen LogP contribution in [-0.4, -0.2) is 32.6 Å². The van der Waals surface area contributed by atoms with Crippen molar-refractivity contribution in [2.45, 2.75) is 63.3 Å². The van der Waals surface area contributed by atoms with Crippen LogP contribution in [0.5, 0.6) is 0 Å². The summed E-state index contributed by atoms with van der Waals surface area (Å²) < 4.78 is 0. The standard InChI is InChI=1S/C25H30N4O3/c1-2-19(23(30)31)20-5-8-28-22(21(20)18-3-6-27-7-4-18)29(24(26)32)25-12-15-9-16(13-25)11-17(10-15)14-25/h3-8,15-17,19H,2,9-14H2,1H3,(H2,26,32)(H,30,31). The van der Waals surface area contributed by atoms with E-state index < -0.39 is 17.9 Å². The molecule has 32 heavy (non-hydrogen) atoms. The summed E-state index contributed by atoms with van der Waals surface area (Å²) in [4.78, 5) is 35.7. The van der Waals surface area contributed by atoms with Crippen molar-refractivity contribution in [2.75, 3.05) is 4.90 Å². The molecule has 3 N–H and O–H groups in total. The molecule has 1 atom stereocenters. The van der Waals surface area contributed by atoms with E-state index in [1.807, 2.05) is 19.1 Å². The summed E-state index contributed by atoms with van der Waals surface area (Å²) in [7, 11) is 0. The number of hydrogen-bond donors (Lipinski definition) is 2. The van der Waals surface area contributed by atoms with Crippen molar-refractivity contribution < 1.29 is 14.7 Å². The maximum atomic E-state index is 13.1. The summed E-state index contributed by atoms with van der Waals surface area (Å²) >= 11 is 0. The monoisotopic (exact) mass is 434 g/mol. The molecule has 2 heterocycles. The highest BCUT2D eigenvalue weighted by molar-refractivity contribution is 5.97. The second-order valence-electron chi connectivity index (χ2n) is 9.95. The molecule has 0 saturated heterocycles. The topological polar surface area (TPSA) is 109 Å². The molecule has 0 radical (unpaired) electrons. The van der Waals surface area contributed by atoms with Crippen molar-refractivity contribution in [1.82, 2.24) is 9.97 Å². The fraction of sp³-hybridized carbons (Fsp3) is 0.520. The number of amides is 2. The predicted octanol–water partition coefficient (Wildman–Crippen LogP) is 4.58. The van der Waals surface area contributed by atoms with Crippen LogP contribution < -0.4 is 10.6 Å². The summed E-state index contributed by atoms with van der Waals surface area (Å²) in [6.07, 6.45) is 12.0. The Bertz CT molecular complexity index is 1000. The lowest BCUT2D eigenvalue weighted by atomic mass is 9.52. The van der Waals surface area contributed by atoms with Gasteiger partial charge in [0.2, 0.25) is 0 Å². The number of carboxylic acid groups (broad SMARTS) is 1. The van der Waals surface area contributed by atoms with E-state index >= 15 is 0 Å². The van der Waals surface area contributed by atoms with Crippen molar-refractivity contribution in [1.29, 1.82) is 0 Å². The van der Waals surface area contributed by atoms with Crippen LogP contribution in [0.1, 0.15) is 63.4 Å². The molecule has 2 aromatic rings. The van der Waals surface area contributed by atoms with Gasteiger partial charge in [-0.1, -0.05) is 6.92 Å². The van der Waals surface area contributed by atoms with Crippen molar-refractivity contribution in [2.24, 2.45) is 23.5 Å². The molecule has 0 aromatic carbocycles. The summed E-state index contributed by atoms with van der Waals surface area (Å²) in [6, 6.07) is 4.95. The first-order chi connectivity index (χ1) is 15.4. The van der Waals surface area contributed by atoms with E-state index in [0.29, 0.717) is 41.1 Å². The minimum atomic E-state index is -0.889. The molecule has 1 unspecified atom stereocenters. The highest BCUT2D eigenvalue weighted by atomic mass is 16.4. The van der Waals surface area contributed by atoms with Crippen LogP contribution in [0.3, 0.4) is 0 Å². The summed E-state index contributed by atoms with van der Waals surface area (Å²) in [5.74, 6) is 0.767. The largest absolute Gasteiger partial charge is 0.481 e. The molecule has 4 fully saturated rings. The van der Waals surface area contributed by atoms with Crippen LogP contribution >= 0.6 is 0 Å². The number of aromatic nitrogens is 2. The molecular weight excluding hydrogens is 404 g/mol. The summed E-state index contributed by atoms with van der Waals surface area (Å²) in [5.41, 5.74) is 7.88. The number of anilines is 1. The SMILES string of the molecule is CCC(C(=O)O)c1ccnc(N(C(N)=O)C23CC4CC(CC(C4)C2)C3)c1-c1ccncc1. The number of hydrogen-bond acceptors (Lipinski definition) is 4. The van der Waals surface area contributed by atoms with E-state index in [1.54, 1.807) is 29.6 Å². The molecule has 168 valence electrons. The minimum absolute atomic E-state index is 0.334.